The molecule has 2 heteroatoms. The molecular weight excluding hydrogens is 140 g/mol. The third kappa shape index (κ3) is 1.18. The van der Waals surface area contributed by atoms with Gasteiger partial charge in [-0.3, -0.25) is 0 Å². The van der Waals surface area contributed by atoms with Crippen LogP contribution in [0, 0.1) is 17.8 Å². The van der Waals surface area contributed by atoms with E-state index in [1.165, 1.54) is 6.42 Å². The molecule has 4 atom stereocenters. The van der Waals surface area contributed by atoms with Crippen molar-refractivity contribution in [1.29, 1.82) is 0 Å². The largest absolute Gasteiger partial charge is 0.393 e. The van der Waals surface area contributed by atoms with Gasteiger partial charge in [-0.25, -0.2) is 0 Å². The summed E-state index contributed by atoms with van der Waals surface area (Å²) in [5.41, 5.74) is 0. The summed E-state index contributed by atoms with van der Waals surface area (Å²) < 4.78 is 5.33. The van der Waals surface area contributed by atoms with E-state index in [0.717, 1.165) is 25.6 Å². The number of hydrogen-bond acceptors (Lipinski definition) is 2. The summed E-state index contributed by atoms with van der Waals surface area (Å²) in [4.78, 5) is 0. The lowest BCUT2D eigenvalue weighted by atomic mass is 10.1. The first-order valence-corrected chi connectivity index (χ1v) is 4.60. The Balaban J connectivity index is 1.76. The maximum Gasteiger partial charge on any atom is 0.0574 e. The monoisotopic (exact) mass is 156 g/mol. The molecule has 2 aliphatic carbocycles. The van der Waals surface area contributed by atoms with Gasteiger partial charge in [-0.15, -0.1) is 0 Å². The van der Waals surface area contributed by atoms with Crippen molar-refractivity contribution in [2.45, 2.75) is 25.9 Å². The molecule has 0 aliphatic heterocycles. The maximum absolute atomic E-state index is 9.45. The second kappa shape index (κ2) is 2.76. The van der Waals surface area contributed by atoms with Crippen LogP contribution in [0.1, 0.15) is 19.8 Å². The van der Waals surface area contributed by atoms with Crippen molar-refractivity contribution in [3.63, 3.8) is 0 Å². The molecule has 0 aromatic carbocycles. The van der Waals surface area contributed by atoms with E-state index >= 15 is 0 Å². The molecule has 0 aromatic rings. The van der Waals surface area contributed by atoms with Crippen LogP contribution in [0.25, 0.3) is 0 Å². The molecule has 2 aliphatic rings. The van der Waals surface area contributed by atoms with Crippen molar-refractivity contribution in [2.24, 2.45) is 17.8 Å². The summed E-state index contributed by atoms with van der Waals surface area (Å²) in [6.45, 7) is 3.71. The molecule has 0 aromatic heterocycles. The Kier molecular flexibility index (Phi) is 1.90. The van der Waals surface area contributed by atoms with E-state index in [1.54, 1.807) is 0 Å². The highest BCUT2D eigenvalue weighted by atomic mass is 16.5. The minimum Gasteiger partial charge on any atom is -0.393 e. The molecule has 0 amide bonds. The average Bonchev–Trinajstić information content (AvgIpc) is 2.58. The first-order chi connectivity index (χ1) is 5.34. The minimum atomic E-state index is -0.00884. The summed E-state index contributed by atoms with van der Waals surface area (Å²) in [5, 5.41) is 9.45. The molecule has 11 heavy (non-hydrogen) atoms. The zero-order chi connectivity index (χ0) is 7.84. The van der Waals surface area contributed by atoms with Gasteiger partial charge in [-0.05, 0) is 37.5 Å². The highest BCUT2D eigenvalue weighted by molar-refractivity contribution is 5.05. The second-order valence-corrected chi connectivity index (χ2v) is 3.71. The number of aliphatic hydroxyl groups excluding tert-OH is 1. The SMILES string of the molecule is CCOCC1[C@H]2[C@H](O)CC[C@@H]12. The van der Waals surface area contributed by atoms with Crippen molar-refractivity contribution in [1.82, 2.24) is 0 Å². The van der Waals surface area contributed by atoms with Crippen molar-refractivity contribution >= 4 is 0 Å². The van der Waals surface area contributed by atoms with Gasteiger partial charge >= 0.3 is 0 Å². The molecule has 0 radical (unpaired) electrons. The summed E-state index contributed by atoms with van der Waals surface area (Å²) in [6.07, 6.45) is 2.24. The van der Waals surface area contributed by atoms with Crippen LogP contribution in [-0.2, 0) is 4.74 Å². The molecule has 2 nitrogen and oxygen atoms in total. The Morgan fingerprint density at radius 1 is 1.45 bits per heavy atom. The van der Waals surface area contributed by atoms with Crippen LogP contribution in [0.4, 0.5) is 0 Å². The number of fused-ring (bicyclic) bond motifs is 1. The summed E-state index contributed by atoms with van der Waals surface area (Å²) in [5.74, 6) is 2.09. The molecule has 2 saturated carbocycles. The molecule has 1 unspecified atom stereocenters. The highest BCUT2D eigenvalue weighted by Gasteiger charge is 2.57. The van der Waals surface area contributed by atoms with E-state index < -0.39 is 0 Å². The Hall–Kier alpha value is -0.0800. The van der Waals surface area contributed by atoms with Crippen LogP contribution in [-0.4, -0.2) is 24.4 Å². The molecule has 64 valence electrons. The number of aliphatic hydroxyl groups is 1. The Morgan fingerprint density at radius 3 is 2.82 bits per heavy atom. The van der Waals surface area contributed by atoms with Crippen LogP contribution in [0.15, 0.2) is 0 Å². The summed E-state index contributed by atoms with van der Waals surface area (Å²) >= 11 is 0. The van der Waals surface area contributed by atoms with Crippen molar-refractivity contribution in [2.75, 3.05) is 13.2 Å². The van der Waals surface area contributed by atoms with Crippen molar-refractivity contribution < 1.29 is 9.84 Å². The maximum atomic E-state index is 9.45. The molecule has 1 N–H and O–H groups in total. The van der Waals surface area contributed by atoms with E-state index in [9.17, 15) is 5.11 Å². The first-order valence-electron chi connectivity index (χ1n) is 4.60. The molecule has 0 saturated heterocycles. The Bertz CT molecular complexity index is 146. The fourth-order valence-corrected chi connectivity index (χ4v) is 2.50. The standard InChI is InChI=1S/C9H16O2/c1-2-11-5-7-6-3-4-8(10)9(6)7/h6-10H,2-5H2,1H3/t6-,7?,8+,9-/m0/s1. The zero-order valence-electron chi connectivity index (χ0n) is 6.99. The van der Waals surface area contributed by atoms with Gasteiger partial charge in [0.2, 0.25) is 0 Å². The van der Waals surface area contributed by atoms with E-state index in [1.807, 2.05) is 6.92 Å². The van der Waals surface area contributed by atoms with Gasteiger partial charge in [0.05, 0.1) is 12.7 Å². The smallest absolute Gasteiger partial charge is 0.0574 e. The minimum absolute atomic E-state index is 0.00884. The van der Waals surface area contributed by atoms with Crippen LogP contribution in [0.2, 0.25) is 0 Å². The van der Waals surface area contributed by atoms with E-state index in [4.69, 9.17) is 4.74 Å². The van der Waals surface area contributed by atoms with Crippen molar-refractivity contribution in [3.05, 3.63) is 0 Å². The van der Waals surface area contributed by atoms with E-state index in [0.29, 0.717) is 11.8 Å². The molecule has 2 rings (SSSR count). The molecule has 0 spiro atoms. The van der Waals surface area contributed by atoms with Crippen LogP contribution < -0.4 is 0 Å². The predicted molar refractivity (Wildman–Crippen MR) is 42.2 cm³/mol. The second-order valence-electron chi connectivity index (χ2n) is 3.71. The van der Waals surface area contributed by atoms with Gasteiger partial charge in [0.1, 0.15) is 0 Å². The predicted octanol–water partition coefficient (Wildman–Crippen LogP) is 1.04. The summed E-state index contributed by atoms with van der Waals surface area (Å²) in [6, 6.07) is 0. The lowest BCUT2D eigenvalue weighted by molar-refractivity contribution is 0.101. The normalized spacial score (nSPS) is 47.5. The average molecular weight is 156 g/mol. The molecule has 0 heterocycles. The third-order valence-electron chi connectivity index (χ3n) is 3.15. The van der Waals surface area contributed by atoms with Gasteiger partial charge in [0.25, 0.3) is 0 Å². The van der Waals surface area contributed by atoms with Gasteiger partial charge < -0.3 is 9.84 Å². The van der Waals surface area contributed by atoms with Gasteiger partial charge in [-0.2, -0.15) is 0 Å². The van der Waals surface area contributed by atoms with Gasteiger partial charge in [0.15, 0.2) is 0 Å². The van der Waals surface area contributed by atoms with Crippen LogP contribution in [0.3, 0.4) is 0 Å². The fraction of sp³-hybridized carbons (Fsp3) is 1.00. The lowest BCUT2D eigenvalue weighted by Crippen LogP contribution is -2.10. The third-order valence-corrected chi connectivity index (χ3v) is 3.15. The van der Waals surface area contributed by atoms with Crippen LogP contribution >= 0.6 is 0 Å². The molecule has 2 fully saturated rings. The van der Waals surface area contributed by atoms with Crippen molar-refractivity contribution in [3.8, 4) is 0 Å². The number of ether oxygens (including phenoxy) is 1. The van der Waals surface area contributed by atoms with E-state index in [2.05, 4.69) is 0 Å². The van der Waals surface area contributed by atoms with Gasteiger partial charge in [-0.1, -0.05) is 0 Å². The Labute approximate surface area is 67.6 Å². The lowest BCUT2D eigenvalue weighted by Gasteiger charge is -2.06. The molecule has 0 bridgehead atoms. The number of rotatable bonds is 3. The topological polar surface area (TPSA) is 29.5 Å². The number of hydrogen-bond donors (Lipinski definition) is 1. The molecular formula is C9H16O2. The first kappa shape index (κ1) is 7.56. The summed E-state index contributed by atoms with van der Waals surface area (Å²) in [7, 11) is 0. The Morgan fingerprint density at radius 2 is 2.27 bits per heavy atom. The fourth-order valence-electron chi connectivity index (χ4n) is 2.50. The highest BCUT2D eigenvalue weighted by Crippen LogP contribution is 2.57. The van der Waals surface area contributed by atoms with E-state index in [-0.39, 0.29) is 6.10 Å². The van der Waals surface area contributed by atoms with Gasteiger partial charge in [0, 0.05) is 6.61 Å². The zero-order valence-corrected chi connectivity index (χ0v) is 6.99. The quantitative estimate of drug-likeness (QED) is 0.661. The van der Waals surface area contributed by atoms with Crippen LogP contribution in [0.5, 0.6) is 0 Å².